The van der Waals surface area contributed by atoms with Crippen molar-refractivity contribution < 1.29 is 8.85 Å². The average Bonchev–Trinajstić information content (AvgIpc) is 2.24. The van der Waals surface area contributed by atoms with Gasteiger partial charge in [-0.1, -0.05) is 19.8 Å². The Bertz CT molecular complexity index is 129. The van der Waals surface area contributed by atoms with Gasteiger partial charge in [0.05, 0.1) is 0 Å². The molecule has 0 amide bonds. The summed E-state index contributed by atoms with van der Waals surface area (Å²) in [6.45, 7) is 7.83. The van der Waals surface area contributed by atoms with E-state index in [0.29, 0.717) is 5.88 Å². The van der Waals surface area contributed by atoms with E-state index in [1.165, 1.54) is 12.8 Å². The highest BCUT2D eigenvalue weighted by molar-refractivity contribution is 6.67. The van der Waals surface area contributed by atoms with E-state index in [9.17, 15) is 0 Å². The summed E-state index contributed by atoms with van der Waals surface area (Å²) in [5.41, 5.74) is 0. The second-order valence-corrected chi connectivity index (χ2v) is 7.45. The van der Waals surface area contributed by atoms with Crippen LogP contribution in [0.15, 0.2) is 0 Å². The van der Waals surface area contributed by atoms with Crippen molar-refractivity contribution >= 4 is 20.2 Å². The molecule has 0 aromatic heterocycles. The highest BCUT2D eigenvalue weighted by Crippen LogP contribution is 2.24. The highest BCUT2D eigenvalue weighted by Gasteiger charge is 2.35. The first-order valence-electron chi connectivity index (χ1n) is 6.08. The van der Waals surface area contributed by atoms with Gasteiger partial charge in [-0.3, -0.25) is 0 Å². The number of alkyl halides is 1. The molecule has 0 aliphatic carbocycles. The molecular weight excluding hydrogens is 228 g/mol. The van der Waals surface area contributed by atoms with Gasteiger partial charge in [-0.2, -0.15) is 0 Å². The van der Waals surface area contributed by atoms with Crippen LogP contribution in [0.25, 0.3) is 0 Å². The molecule has 0 aliphatic rings. The van der Waals surface area contributed by atoms with Crippen LogP contribution < -0.4 is 0 Å². The first-order valence-corrected chi connectivity index (χ1v) is 8.85. The highest BCUT2D eigenvalue weighted by atomic mass is 35.5. The number of unbranched alkanes of at least 4 members (excludes halogenated alkanes) is 1. The zero-order valence-electron chi connectivity index (χ0n) is 10.4. The first-order chi connectivity index (χ1) is 7.24. The van der Waals surface area contributed by atoms with Gasteiger partial charge < -0.3 is 8.85 Å². The van der Waals surface area contributed by atoms with Crippen molar-refractivity contribution in [1.82, 2.24) is 0 Å². The van der Waals surface area contributed by atoms with Crippen LogP contribution in [-0.4, -0.2) is 27.7 Å². The molecule has 0 heterocycles. The van der Waals surface area contributed by atoms with E-state index >= 15 is 0 Å². The van der Waals surface area contributed by atoms with Gasteiger partial charge in [0.15, 0.2) is 0 Å². The van der Waals surface area contributed by atoms with E-state index in [1.807, 2.05) is 13.8 Å². The molecule has 2 nitrogen and oxygen atoms in total. The van der Waals surface area contributed by atoms with Gasteiger partial charge in [0.25, 0.3) is 0 Å². The summed E-state index contributed by atoms with van der Waals surface area (Å²) in [5, 5.41) is 0. The van der Waals surface area contributed by atoms with Crippen molar-refractivity contribution in [3.05, 3.63) is 0 Å². The summed E-state index contributed by atoms with van der Waals surface area (Å²) in [5.74, 6) is 0.709. The number of hydrogen-bond acceptors (Lipinski definition) is 2. The molecule has 92 valence electrons. The predicted octanol–water partition coefficient (Wildman–Crippen LogP) is 3.93. The van der Waals surface area contributed by atoms with Gasteiger partial charge in [-0.05, 0) is 32.4 Å². The van der Waals surface area contributed by atoms with Gasteiger partial charge in [0.2, 0.25) is 0 Å². The quantitative estimate of drug-likeness (QED) is 0.433. The third-order valence-electron chi connectivity index (χ3n) is 2.42. The standard InChI is InChI=1S/C11H25ClO2Si/c1-4-7-10-15(13-5-2,14-6-3)11-8-9-12/h4-11H2,1-3H3. The van der Waals surface area contributed by atoms with Gasteiger partial charge in [0.1, 0.15) is 0 Å². The molecule has 0 saturated heterocycles. The fraction of sp³-hybridized carbons (Fsp3) is 1.00. The van der Waals surface area contributed by atoms with Crippen LogP contribution in [0.2, 0.25) is 12.1 Å². The topological polar surface area (TPSA) is 18.5 Å². The fourth-order valence-corrected chi connectivity index (χ4v) is 5.69. The van der Waals surface area contributed by atoms with E-state index < -0.39 is 8.56 Å². The summed E-state index contributed by atoms with van der Waals surface area (Å²) in [6.07, 6.45) is 3.42. The van der Waals surface area contributed by atoms with Crippen LogP contribution in [0.4, 0.5) is 0 Å². The Labute approximate surface area is 101 Å². The van der Waals surface area contributed by atoms with Gasteiger partial charge in [0, 0.05) is 19.1 Å². The van der Waals surface area contributed by atoms with Crippen LogP contribution in [-0.2, 0) is 8.85 Å². The molecule has 4 heteroatoms. The molecule has 0 rings (SSSR count). The lowest BCUT2D eigenvalue weighted by molar-refractivity contribution is 0.181. The molecule has 0 aromatic carbocycles. The number of halogens is 1. The zero-order valence-corrected chi connectivity index (χ0v) is 12.1. The van der Waals surface area contributed by atoms with Crippen LogP contribution in [0, 0.1) is 0 Å². The van der Waals surface area contributed by atoms with E-state index in [0.717, 1.165) is 31.7 Å². The number of rotatable bonds is 10. The zero-order chi connectivity index (χ0) is 11.6. The van der Waals surface area contributed by atoms with E-state index in [1.54, 1.807) is 0 Å². The summed E-state index contributed by atoms with van der Waals surface area (Å²) < 4.78 is 11.9. The Morgan fingerprint density at radius 1 is 0.933 bits per heavy atom. The minimum absolute atomic E-state index is 0.709. The van der Waals surface area contributed by atoms with Gasteiger partial charge in [-0.15, -0.1) is 11.6 Å². The molecule has 0 atom stereocenters. The van der Waals surface area contributed by atoms with Crippen molar-refractivity contribution in [1.29, 1.82) is 0 Å². The lowest BCUT2D eigenvalue weighted by Gasteiger charge is -2.29. The molecule has 0 saturated carbocycles. The fourth-order valence-electron chi connectivity index (χ4n) is 1.76. The summed E-state index contributed by atoms with van der Waals surface area (Å²) in [4.78, 5) is 0. The molecule has 0 spiro atoms. The van der Waals surface area contributed by atoms with Crippen molar-refractivity contribution in [2.75, 3.05) is 19.1 Å². The maximum Gasteiger partial charge on any atom is 0.338 e. The normalized spacial score (nSPS) is 12.0. The van der Waals surface area contributed by atoms with Crippen LogP contribution in [0.5, 0.6) is 0 Å². The SMILES string of the molecule is CCCC[Si](CCCCl)(OCC)OCC. The van der Waals surface area contributed by atoms with Crippen molar-refractivity contribution in [3.63, 3.8) is 0 Å². The predicted molar refractivity (Wildman–Crippen MR) is 68.9 cm³/mol. The van der Waals surface area contributed by atoms with E-state index in [4.69, 9.17) is 20.5 Å². The minimum Gasteiger partial charge on any atom is -0.394 e. The number of hydrogen-bond donors (Lipinski definition) is 0. The second-order valence-electron chi connectivity index (χ2n) is 3.67. The van der Waals surface area contributed by atoms with Gasteiger partial charge >= 0.3 is 8.56 Å². The maximum absolute atomic E-state index is 5.93. The monoisotopic (exact) mass is 252 g/mol. The Morgan fingerprint density at radius 3 is 1.87 bits per heavy atom. The molecule has 0 radical (unpaired) electrons. The Hall–Kier alpha value is 0.427. The molecule has 0 bridgehead atoms. The van der Waals surface area contributed by atoms with Crippen molar-refractivity contribution in [2.24, 2.45) is 0 Å². The molecule has 0 fully saturated rings. The van der Waals surface area contributed by atoms with E-state index in [-0.39, 0.29) is 0 Å². The maximum atomic E-state index is 5.93. The third-order valence-corrected chi connectivity index (χ3v) is 6.54. The van der Waals surface area contributed by atoms with Crippen molar-refractivity contribution in [3.8, 4) is 0 Å². The Kier molecular flexibility index (Phi) is 9.91. The summed E-state index contributed by atoms with van der Waals surface area (Å²) in [6, 6.07) is 2.15. The second kappa shape index (κ2) is 9.64. The smallest absolute Gasteiger partial charge is 0.338 e. The summed E-state index contributed by atoms with van der Waals surface area (Å²) in [7, 11) is -1.92. The average molecular weight is 253 g/mol. The Morgan fingerprint density at radius 2 is 1.47 bits per heavy atom. The largest absolute Gasteiger partial charge is 0.394 e. The van der Waals surface area contributed by atoms with Crippen molar-refractivity contribution in [2.45, 2.75) is 52.1 Å². The molecule has 0 aliphatic heterocycles. The van der Waals surface area contributed by atoms with E-state index in [2.05, 4.69) is 6.92 Å². The van der Waals surface area contributed by atoms with Gasteiger partial charge in [-0.25, -0.2) is 0 Å². The Balaban J connectivity index is 4.26. The summed E-state index contributed by atoms with van der Waals surface area (Å²) >= 11 is 5.75. The van der Waals surface area contributed by atoms with Crippen LogP contribution in [0.3, 0.4) is 0 Å². The minimum atomic E-state index is -1.92. The molecule has 15 heavy (non-hydrogen) atoms. The first kappa shape index (κ1) is 15.4. The lowest BCUT2D eigenvalue weighted by atomic mass is 10.4. The lowest BCUT2D eigenvalue weighted by Crippen LogP contribution is -2.42. The molecule has 0 N–H and O–H groups in total. The molecular formula is C11H25ClO2Si. The molecule has 0 unspecified atom stereocenters. The third kappa shape index (κ3) is 6.56. The van der Waals surface area contributed by atoms with Crippen LogP contribution in [0.1, 0.15) is 40.0 Å². The molecule has 0 aromatic rings. The van der Waals surface area contributed by atoms with Crippen LogP contribution >= 0.6 is 11.6 Å².